The molecule has 0 aromatic heterocycles. The van der Waals surface area contributed by atoms with Gasteiger partial charge in [-0.25, -0.2) is 13.1 Å². The van der Waals surface area contributed by atoms with Crippen LogP contribution in [0.25, 0.3) is 0 Å². The molecule has 0 saturated heterocycles. The van der Waals surface area contributed by atoms with Crippen LogP contribution in [0.1, 0.15) is 0 Å². The third-order valence-electron chi connectivity index (χ3n) is 2.42. The first-order valence-corrected chi connectivity index (χ1v) is 8.60. The summed E-state index contributed by atoms with van der Waals surface area (Å²) in [4.78, 5) is 13.6. The SMILES string of the molecule is CN(C)C(=O)CNS(=O)(=O)CCSc1cccc(N)c1. The van der Waals surface area contributed by atoms with Gasteiger partial charge in [-0.1, -0.05) is 6.07 Å². The second-order valence-electron chi connectivity index (χ2n) is 4.35. The van der Waals surface area contributed by atoms with Crippen LogP contribution in [-0.2, 0) is 14.8 Å². The highest BCUT2D eigenvalue weighted by atomic mass is 32.2. The fourth-order valence-corrected chi connectivity index (χ4v) is 3.60. The molecule has 1 aromatic rings. The fourth-order valence-electron chi connectivity index (χ4n) is 1.28. The standard InChI is InChI=1S/C12H19N3O3S2/c1-15(2)12(16)9-14-20(17,18)7-6-19-11-5-3-4-10(13)8-11/h3-5,8,14H,6-7,9,13H2,1-2H3. The predicted octanol–water partition coefficient (Wildman–Crippen LogP) is 0.369. The van der Waals surface area contributed by atoms with E-state index in [1.165, 1.54) is 16.7 Å². The molecule has 112 valence electrons. The van der Waals surface area contributed by atoms with Crippen LogP contribution in [0.15, 0.2) is 29.2 Å². The summed E-state index contributed by atoms with van der Waals surface area (Å²) in [7, 11) is -0.289. The first-order valence-electron chi connectivity index (χ1n) is 5.96. The Kier molecular flexibility index (Phi) is 6.31. The van der Waals surface area contributed by atoms with Gasteiger partial charge in [0.25, 0.3) is 0 Å². The molecule has 0 atom stereocenters. The number of nitrogens with zero attached hydrogens (tertiary/aromatic N) is 1. The van der Waals surface area contributed by atoms with E-state index in [0.717, 1.165) is 4.90 Å². The Morgan fingerprint density at radius 3 is 2.70 bits per heavy atom. The van der Waals surface area contributed by atoms with Crippen molar-refractivity contribution in [2.24, 2.45) is 0 Å². The summed E-state index contributed by atoms with van der Waals surface area (Å²) in [5.74, 6) is 0.0688. The van der Waals surface area contributed by atoms with Crippen LogP contribution in [0.3, 0.4) is 0 Å². The predicted molar refractivity (Wildman–Crippen MR) is 82.1 cm³/mol. The molecule has 0 heterocycles. The molecule has 0 aliphatic rings. The molecule has 0 saturated carbocycles. The maximum atomic E-state index is 11.7. The number of amides is 1. The van der Waals surface area contributed by atoms with Crippen LogP contribution in [0.2, 0.25) is 0 Å². The zero-order valence-electron chi connectivity index (χ0n) is 11.5. The second kappa shape index (κ2) is 7.51. The summed E-state index contributed by atoms with van der Waals surface area (Å²) in [6, 6.07) is 7.26. The topological polar surface area (TPSA) is 92.5 Å². The first kappa shape index (κ1) is 16.8. The number of rotatable bonds is 7. The maximum absolute atomic E-state index is 11.7. The summed E-state index contributed by atoms with van der Waals surface area (Å²) in [5, 5.41) is 0. The van der Waals surface area contributed by atoms with Gasteiger partial charge in [0.1, 0.15) is 0 Å². The number of hydrogen-bond donors (Lipinski definition) is 2. The molecule has 0 fully saturated rings. The van der Waals surface area contributed by atoms with E-state index in [9.17, 15) is 13.2 Å². The minimum atomic E-state index is -3.44. The van der Waals surface area contributed by atoms with E-state index >= 15 is 0 Å². The molecule has 6 nitrogen and oxygen atoms in total. The zero-order valence-corrected chi connectivity index (χ0v) is 13.1. The van der Waals surface area contributed by atoms with E-state index in [4.69, 9.17) is 5.73 Å². The van der Waals surface area contributed by atoms with Gasteiger partial charge < -0.3 is 10.6 Å². The number of thioether (sulfide) groups is 1. The molecule has 8 heteroatoms. The highest BCUT2D eigenvalue weighted by molar-refractivity contribution is 8.00. The fraction of sp³-hybridized carbons (Fsp3) is 0.417. The van der Waals surface area contributed by atoms with Crippen molar-refractivity contribution in [2.75, 3.05) is 37.9 Å². The molecule has 0 aliphatic heterocycles. The first-order chi connectivity index (χ1) is 9.30. The van der Waals surface area contributed by atoms with Crippen LogP contribution < -0.4 is 10.5 Å². The van der Waals surface area contributed by atoms with Crippen LogP contribution in [0.4, 0.5) is 5.69 Å². The summed E-state index contributed by atoms with van der Waals surface area (Å²) in [6.07, 6.45) is 0. The molecular formula is C12H19N3O3S2. The number of nitrogens with one attached hydrogen (secondary N) is 1. The van der Waals surface area contributed by atoms with E-state index < -0.39 is 10.0 Å². The van der Waals surface area contributed by atoms with E-state index in [-0.39, 0.29) is 18.2 Å². The number of nitrogens with two attached hydrogens (primary N) is 1. The third kappa shape index (κ3) is 6.27. The number of likely N-dealkylation sites (N-methyl/N-ethyl adjacent to an activating group) is 1. The highest BCUT2D eigenvalue weighted by Crippen LogP contribution is 2.20. The number of carbonyl (C=O) groups excluding carboxylic acids is 1. The van der Waals surface area contributed by atoms with Crippen LogP contribution in [-0.4, -0.2) is 51.4 Å². The van der Waals surface area contributed by atoms with Gasteiger partial charge in [-0.05, 0) is 18.2 Å². The lowest BCUT2D eigenvalue weighted by molar-refractivity contribution is -0.127. The third-order valence-corrected chi connectivity index (χ3v) is 5.00. The molecule has 0 unspecified atom stereocenters. The van der Waals surface area contributed by atoms with Gasteiger partial charge in [-0.3, -0.25) is 4.79 Å². The molecule has 1 aromatic carbocycles. The van der Waals surface area contributed by atoms with Crippen molar-refractivity contribution in [3.8, 4) is 0 Å². The van der Waals surface area contributed by atoms with Crippen LogP contribution in [0, 0.1) is 0 Å². The molecule has 0 spiro atoms. The largest absolute Gasteiger partial charge is 0.399 e. The number of benzene rings is 1. The van der Waals surface area contributed by atoms with Gasteiger partial charge in [0.05, 0.1) is 12.3 Å². The van der Waals surface area contributed by atoms with Gasteiger partial charge in [0.2, 0.25) is 15.9 Å². The van der Waals surface area contributed by atoms with Crippen LogP contribution in [0.5, 0.6) is 0 Å². The number of nitrogen functional groups attached to an aromatic ring is 1. The molecule has 1 rings (SSSR count). The van der Waals surface area contributed by atoms with E-state index in [0.29, 0.717) is 11.4 Å². The van der Waals surface area contributed by atoms with E-state index in [2.05, 4.69) is 4.72 Å². The lowest BCUT2D eigenvalue weighted by atomic mass is 10.3. The van der Waals surface area contributed by atoms with Gasteiger partial charge in [-0.15, -0.1) is 11.8 Å². The summed E-state index contributed by atoms with van der Waals surface area (Å²) < 4.78 is 25.7. The monoisotopic (exact) mass is 317 g/mol. The van der Waals surface area contributed by atoms with Crippen molar-refractivity contribution in [1.29, 1.82) is 0 Å². The normalized spacial score (nSPS) is 11.3. The Morgan fingerprint density at radius 2 is 2.10 bits per heavy atom. The highest BCUT2D eigenvalue weighted by Gasteiger charge is 2.13. The maximum Gasteiger partial charge on any atom is 0.237 e. The minimum Gasteiger partial charge on any atom is -0.399 e. The number of sulfonamides is 1. The van der Waals surface area contributed by atoms with Crippen molar-refractivity contribution < 1.29 is 13.2 Å². The molecule has 20 heavy (non-hydrogen) atoms. The summed E-state index contributed by atoms with van der Waals surface area (Å²) in [5.41, 5.74) is 6.29. The van der Waals surface area contributed by atoms with Gasteiger partial charge in [0.15, 0.2) is 0 Å². The lowest BCUT2D eigenvalue weighted by Crippen LogP contribution is -2.37. The van der Waals surface area contributed by atoms with Crippen molar-refractivity contribution >= 4 is 33.4 Å². The minimum absolute atomic E-state index is 0.0484. The Hall–Kier alpha value is -1.25. The number of anilines is 1. The quantitative estimate of drug-likeness (QED) is 0.560. The molecule has 0 aliphatic carbocycles. The molecule has 3 N–H and O–H groups in total. The average Bonchev–Trinajstić information content (AvgIpc) is 2.36. The van der Waals surface area contributed by atoms with Crippen molar-refractivity contribution in [3.63, 3.8) is 0 Å². The van der Waals surface area contributed by atoms with Crippen LogP contribution >= 0.6 is 11.8 Å². The second-order valence-corrected chi connectivity index (χ2v) is 7.44. The van der Waals surface area contributed by atoms with Crippen molar-refractivity contribution in [1.82, 2.24) is 9.62 Å². The van der Waals surface area contributed by atoms with Gasteiger partial charge in [-0.2, -0.15) is 0 Å². The Balaban J connectivity index is 2.38. The zero-order chi connectivity index (χ0) is 15.2. The molecule has 0 radical (unpaired) electrons. The molecular weight excluding hydrogens is 298 g/mol. The summed E-state index contributed by atoms with van der Waals surface area (Å²) >= 11 is 1.41. The molecule has 0 bridgehead atoms. The Morgan fingerprint density at radius 1 is 1.40 bits per heavy atom. The lowest BCUT2D eigenvalue weighted by Gasteiger charge is -2.11. The Bertz CT molecular complexity index is 559. The van der Waals surface area contributed by atoms with Crippen molar-refractivity contribution in [3.05, 3.63) is 24.3 Å². The average molecular weight is 317 g/mol. The van der Waals surface area contributed by atoms with Gasteiger partial charge >= 0.3 is 0 Å². The number of hydrogen-bond acceptors (Lipinski definition) is 5. The molecule has 1 amide bonds. The van der Waals surface area contributed by atoms with E-state index in [1.807, 2.05) is 12.1 Å². The summed E-state index contributed by atoms with van der Waals surface area (Å²) in [6.45, 7) is -0.210. The smallest absolute Gasteiger partial charge is 0.237 e. The van der Waals surface area contributed by atoms with Crippen molar-refractivity contribution in [2.45, 2.75) is 4.90 Å². The number of carbonyl (C=O) groups is 1. The van der Waals surface area contributed by atoms with E-state index in [1.54, 1.807) is 26.2 Å². The Labute approximate surface area is 123 Å². The van der Waals surface area contributed by atoms with Gasteiger partial charge in [0, 0.05) is 30.4 Å².